The molecule has 0 fully saturated rings. The monoisotopic (exact) mass is 340 g/mol. The van der Waals surface area contributed by atoms with E-state index in [0.29, 0.717) is 30.5 Å². The molecule has 3 rings (SSSR count). The number of rotatable bonds is 7. The number of amides is 3. The van der Waals surface area contributed by atoms with Gasteiger partial charge in [-0.15, -0.1) is 0 Å². The minimum atomic E-state index is -0.281. The first-order valence-electron chi connectivity index (χ1n) is 8.25. The van der Waals surface area contributed by atoms with Crippen LogP contribution in [-0.4, -0.2) is 45.3 Å². The number of carbonyl (C=O) groups excluding carboxylic acids is 3. The summed E-state index contributed by atoms with van der Waals surface area (Å²) in [6.07, 6.45) is 5.02. The largest absolute Gasteiger partial charge is 0.356 e. The van der Waals surface area contributed by atoms with Crippen molar-refractivity contribution in [3.8, 4) is 0 Å². The summed E-state index contributed by atoms with van der Waals surface area (Å²) in [4.78, 5) is 41.7. The van der Waals surface area contributed by atoms with Crippen LogP contribution in [0.3, 0.4) is 0 Å². The van der Waals surface area contributed by atoms with Gasteiger partial charge in [-0.2, -0.15) is 0 Å². The molecule has 25 heavy (non-hydrogen) atoms. The van der Waals surface area contributed by atoms with E-state index in [1.54, 1.807) is 30.6 Å². The molecule has 1 aliphatic rings. The quantitative estimate of drug-likeness (QED) is 0.767. The van der Waals surface area contributed by atoms with Crippen molar-refractivity contribution in [2.24, 2.45) is 7.05 Å². The predicted octanol–water partition coefficient (Wildman–Crippen LogP) is 1.16. The van der Waals surface area contributed by atoms with Gasteiger partial charge in [-0.05, 0) is 18.6 Å². The van der Waals surface area contributed by atoms with Gasteiger partial charge in [-0.3, -0.25) is 19.3 Å². The Hall–Kier alpha value is -2.96. The summed E-state index contributed by atoms with van der Waals surface area (Å²) in [6, 6.07) is 6.78. The van der Waals surface area contributed by atoms with Gasteiger partial charge >= 0.3 is 0 Å². The van der Waals surface area contributed by atoms with E-state index in [2.05, 4.69) is 10.3 Å². The molecule has 1 aromatic heterocycles. The zero-order valence-corrected chi connectivity index (χ0v) is 14.1. The summed E-state index contributed by atoms with van der Waals surface area (Å²) in [7, 11) is 1.90. The van der Waals surface area contributed by atoms with Gasteiger partial charge in [0.05, 0.1) is 23.1 Å². The summed E-state index contributed by atoms with van der Waals surface area (Å²) < 4.78 is 1.86. The van der Waals surface area contributed by atoms with Crippen LogP contribution in [0.1, 0.15) is 39.3 Å². The maximum absolute atomic E-state index is 12.2. The molecule has 3 amide bonds. The van der Waals surface area contributed by atoms with Crippen LogP contribution in [0.5, 0.6) is 0 Å². The number of nitrogens with one attached hydrogen (secondary N) is 1. The lowest BCUT2D eigenvalue weighted by atomic mass is 10.1. The number of fused-ring (bicyclic) bond motifs is 1. The van der Waals surface area contributed by atoms with Crippen molar-refractivity contribution in [1.29, 1.82) is 0 Å². The molecule has 1 aromatic carbocycles. The molecule has 2 heterocycles. The van der Waals surface area contributed by atoms with Gasteiger partial charge in [-0.25, -0.2) is 4.98 Å². The maximum atomic E-state index is 12.2. The van der Waals surface area contributed by atoms with Crippen LogP contribution in [0.25, 0.3) is 0 Å². The highest BCUT2D eigenvalue weighted by Gasteiger charge is 2.34. The minimum Gasteiger partial charge on any atom is -0.356 e. The molecule has 7 heteroatoms. The van der Waals surface area contributed by atoms with Gasteiger partial charge in [0.25, 0.3) is 11.8 Å². The fourth-order valence-electron chi connectivity index (χ4n) is 2.85. The number of imidazole rings is 1. The lowest BCUT2D eigenvalue weighted by molar-refractivity contribution is -0.121. The first-order chi connectivity index (χ1) is 12.1. The molecule has 0 unspecified atom stereocenters. The molecule has 0 saturated carbocycles. The second-order valence-corrected chi connectivity index (χ2v) is 6.04. The van der Waals surface area contributed by atoms with Gasteiger partial charge in [0.1, 0.15) is 0 Å². The lowest BCUT2D eigenvalue weighted by Gasteiger charge is -2.13. The molecule has 0 saturated heterocycles. The van der Waals surface area contributed by atoms with E-state index in [-0.39, 0.29) is 30.7 Å². The lowest BCUT2D eigenvalue weighted by Crippen LogP contribution is -2.32. The number of hydrogen-bond donors (Lipinski definition) is 1. The van der Waals surface area contributed by atoms with Crippen LogP contribution in [-0.2, 0) is 18.3 Å². The van der Waals surface area contributed by atoms with Crippen molar-refractivity contribution >= 4 is 17.7 Å². The summed E-state index contributed by atoms with van der Waals surface area (Å²) in [5.74, 6) is -0.653. The van der Waals surface area contributed by atoms with E-state index in [4.69, 9.17) is 0 Å². The minimum absolute atomic E-state index is 0.0902. The second-order valence-electron chi connectivity index (χ2n) is 6.04. The molecule has 0 atom stereocenters. The fraction of sp³-hybridized carbons (Fsp3) is 0.333. The topological polar surface area (TPSA) is 84.3 Å². The van der Waals surface area contributed by atoms with E-state index in [9.17, 15) is 14.4 Å². The number of aryl methyl sites for hydroxylation is 1. The van der Waals surface area contributed by atoms with Crippen molar-refractivity contribution in [2.45, 2.75) is 19.3 Å². The number of imide groups is 1. The molecule has 7 nitrogen and oxygen atoms in total. The first-order valence-corrected chi connectivity index (χ1v) is 8.25. The third kappa shape index (κ3) is 3.76. The Morgan fingerprint density at radius 2 is 1.84 bits per heavy atom. The smallest absolute Gasteiger partial charge is 0.261 e. The molecule has 130 valence electrons. The van der Waals surface area contributed by atoms with Gasteiger partial charge in [0.2, 0.25) is 5.91 Å². The highest BCUT2D eigenvalue weighted by Crippen LogP contribution is 2.22. The molecular formula is C18H20N4O3. The number of benzene rings is 1. The Kier molecular flexibility index (Phi) is 4.92. The average molecular weight is 340 g/mol. The molecule has 0 radical (unpaired) electrons. The van der Waals surface area contributed by atoms with E-state index in [1.807, 2.05) is 17.8 Å². The average Bonchev–Trinajstić information content (AvgIpc) is 3.12. The molecule has 0 bridgehead atoms. The first kappa shape index (κ1) is 16.9. The van der Waals surface area contributed by atoms with Crippen LogP contribution in [0.2, 0.25) is 0 Å². The Balaban J connectivity index is 1.40. The van der Waals surface area contributed by atoms with Gasteiger partial charge in [0, 0.05) is 39.2 Å². The molecule has 0 spiro atoms. The van der Waals surface area contributed by atoms with Crippen molar-refractivity contribution in [3.05, 3.63) is 53.6 Å². The third-order valence-electron chi connectivity index (χ3n) is 4.13. The van der Waals surface area contributed by atoms with E-state index >= 15 is 0 Å². The zero-order valence-electron chi connectivity index (χ0n) is 14.1. The predicted molar refractivity (Wildman–Crippen MR) is 91.0 cm³/mol. The number of aromatic nitrogens is 2. The van der Waals surface area contributed by atoms with Crippen LogP contribution < -0.4 is 5.32 Å². The van der Waals surface area contributed by atoms with E-state index in [0.717, 1.165) is 5.69 Å². The molecule has 1 N–H and O–H groups in total. The molecular weight excluding hydrogens is 320 g/mol. The number of nitrogens with zero attached hydrogens (tertiary/aromatic N) is 3. The summed E-state index contributed by atoms with van der Waals surface area (Å²) >= 11 is 0. The number of carbonyl (C=O) groups is 3. The SMILES string of the molecule is Cn1cnc(CCNC(=O)CCCN2C(=O)c3ccccc3C2=O)c1. The second kappa shape index (κ2) is 7.29. The Morgan fingerprint density at radius 3 is 2.44 bits per heavy atom. The number of hydrogen-bond acceptors (Lipinski definition) is 4. The van der Waals surface area contributed by atoms with E-state index in [1.165, 1.54) is 4.90 Å². The molecule has 2 aromatic rings. The van der Waals surface area contributed by atoms with Crippen molar-refractivity contribution < 1.29 is 14.4 Å². The van der Waals surface area contributed by atoms with Gasteiger partial charge in [-0.1, -0.05) is 12.1 Å². The van der Waals surface area contributed by atoms with Crippen LogP contribution in [0.4, 0.5) is 0 Å². The van der Waals surface area contributed by atoms with Gasteiger partial charge < -0.3 is 9.88 Å². The maximum Gasteiger partial charge on any atom is 0.261 e. The Morgan fingerprint density at radius 1 is 1.16 bits per heavy atom. The fourth-order valence-corrected chi connectivity index (χ4v) is 2.85. The van der Waals surface area contributed by atoms with Crippen LogP contribution >= 0.6 is 0 Å². The normalized spacial score (nSPS) is 13.2. The van der Waals surface area contributed by atoms with Crippen molar-refractivity contribution in [1.82, 2.24) is 19.8 Å². The van der Waals surface area contributed by atoms with E-state index < -0.39 is 0 Å². The standard InChI is InChI=1S/C18H20N4O3/c1-21-11-13(20-12-21)8-9-19-16(23)7-4-10-22-17(24)14-5-2-3-6-15(14)18(22)25/h2-3,5-6,11-12H,4,7-10H2,1H3,(H,19,23). The van der Waals surface area contributed by atoms with Crippen molar-refractivity contribution in [3.63, 3.8) is 0 Å². The van der Waals surface area contributed by atoms with Crippen LogP contribution in [0.15, 0.2) is 36.8 Å². The Labute approximate surface area is 145 Å². The Bertz CT molecular complexity index is 777. The highest BCUT2D eigenvalue weighted by molar-refractivity contribution is 6.21. The molecule has 1 aliphatic heterocycles. The van der Waals surface area contributed by atoms with Crippen molar-refractivity contribution in [2.75, 3.05) is 13.1 Å². The summed E-state index contributed by atoms with van der Waals surface area (Å²) in [6.45, 7) is 0.767. The third-order valence-corrected chi connectivity index (χ3v) is 4.13. The molecule has 0 aliphatic carbocycles. The summed E-state index contributed by atoms with van der Waals surface area (Å²) in [5.41, 5.74) is 1.80. The highest BCUT2D eigenvalue weighted by atomic mass is 16.2. The van der Waals surface area contributed by atoms with Gasteiger partial charge in [0.15, 0.2) is 0 Å². The zero-order chi connectivity index (χ0) is 17.8. The summed E-state index contributed by atoms with van der Waals surface area (Å²) in [5, 5.41) is 2.83. The van der Waals surface area contributed by atoms with Crippen LogP contribution in [0, 0.1) is 0 Å².